The van der Waals surface area contributed by atoms with E-state index in [1.54, 1.807) is 0 Å². The molecule has 4 heterocycles. The summed E-state index contributed by atoms with van der Waals surface area (Å²) in [6, 6.07) is 6.93. The number of carbonyl (C=O) groups excluding carboxylic acids is 1. The number of quaternary nitrogens is 1. The Balaban J connectivity index is 1.25. The Labute approximate surface area is 154 Å². The predicted octanol–water partition coefficient (Wildman–Crippen LogP) is 1.95. The van der Waals surface area contributed by atoms with E-state index in [0.29, 0.717) is 19.6 Å². The Morgan fingerprint density at radius 3 is 2.54 bits per heavy atom. The second kappa shape index (κ2) is 6.91. The van der Waals surface area contributed by atoms with Crippen LogP contribution in [0.4, 0.5) is 4.39 Å². The quantitative estimate of drug-likeness (QED) is 0.788. The van der Waals surface area contributed by atoms with Gasteiger partial charge in [-0.25, -0.2) is 9.60 Å². The Morgan fingerprint density at radius 1 is 1.23 bits per heavy atom. The monoisotopic (exact) mass is 362 g/mol. The van der Waals surface area contributed by atoms with Crippen molar-refractivity contribution in [3.63, 3.8) is 0 Å². The second-order valence-electron chi connectivity index (χ2n) is 8.43. The fraction of sp³-hybridized carbons (Fsp3) is 0.650. The lowest BCUT2D eigenvalue weighted by Crippen LogP contribution is -2.63. The number of likely N-dealkylation sites (tertiary alicyclic amines) is 1. The topological polar surface area (TPSA) is 52.6 Å². The van der Waals surface area contributed by atoms with E-state index < -0.39 is 0 Å². The van der Waals surface area contributed by atoms with E-state index in [9.17, 15) is 14.4 Å². The minimum atomic E-state index is -0.246. The van der Waals surface area contributed by atoms with Crippen LogP contribution in [0.1, 0.15) is 31.2 Å². The molecule has 1 amide bonds. The minimum absolute atomic E-state index is 0.162. The molecule has 1 aromatic rings. The predicted molar refractivity (Wildman–Crippen MR) is 96.0 cm³/mol. The average molecular weight is 362 g/mol. The third-order valence-electron chi connectivity index (χ3n) is 6.74. The van der Waals surface area contributed by atoms with E-state index >= 15 is 0 Å². The largest absolute Gasteiger partial charge is 0.352 e. The van der Waals surface area contributed by atoms with E-state index in [4.69, 9.17) is 0 Å². The first kappa shape index (κ1) is 17.9. The summed E-state index contributed by atoms with van der Waals surface area (Å²) in [4.78, 5) is 15.3. The minimum Gasteiger partial charge on any atom is -0.352 e. The van der Waals surface area contributed by atoms with Gasteiger partial charge in [0.15, 0.2) is 0 Å². The van der Waals surface area contributed by atoms with Crippen LogP contribution >= 0.6 is 0 Å². The van der Waals surface area contributed by atoms with Gasteiger partial charge in [-0.15, -0.1) is 0 Å². The summed E-state index contributed by atoms with van der Waals surface area (Å²) in [6.45, 7) is 4.96. The maximum Gasteiger partial charge on any atom is 0.227 e. The number of piperidine rings is 3. The van der Waals surface area contributed by atoms with Crippen molar-refractivity contribution in [2.24, 2.45) is 5.41 Å². The maximum absolute atomic E-state index is 13.0. The van der Waals surface area contributed by atoms with Crippen LogP contribution in [-0.2, 0) is 11.2 Å². The van der Waals surface area contributed by atoms with E-state index in [1.165, 1.54) is 12.1 Å². The van der Waals surface area contributed by atoms with Crippen LogP contribution in [-0.4, -0.2) is 66.0 Å². The summed E-state index contributed by atoms with van der Waals surface area (Å²) in [7, 11) is 0. The molecule has 0 spiro atoms. The highest BCUT2D eigenvalue weighted by molar-refractivity contribution is 5.83. The van der Waals surface area contributed by atoms with Gasteiger partial charge in [-0.2, -0.15) is 4.65 Å². The summed E-state index contributed by atoms with van der Waals surface area (Å²) in [5, 5.41) is 13.6. The standard InChI is InChI=1S/C20H28FN3O2/c21-17-3-1-16(2-4-17)5-10-23-11-6-18(15-23)22-19(25)20-7-12-24(26,13-8-20)14-9-20/h1-4,18,26H,5-15H2/p+1/t18-,20?,24?/m0/s1. The van der Waals surface area contributed by atoms with Crippen LogP contribution in [0, 0.1) is 11.2 Å². The second-order valence-corrected chi connectivity index (χ2v) is 8.43. The smallest absolute Gasteiger partial charge is 0.227 e. The van der Waals surface area contributed by atoms with E-state index in [-0.39, 0.29) is 27.8 Å². The fourth-order valence-corrected chi connectivity index (χ4v) is 4.75. The molecule has 4 aliphatic rings. The highest BCUT2D eigenvalue weighted by atomic mass is 19.1. The molecule has 2 bridgehead atoms. The van der Waals surface area contributed by atoms with Crippen LogP contribution in [0.5, 0.6) is 0 Å². The number of hydroxylamine groups is 3. The van der Waals surface area contributed by atoms with Crippen LogP contribution in [0.3, 0.4) is 0 Å². The number of halogens is 1. The number of rotatable bonds is 5. The summed E-state index contributed by atoms with van der Waals surface area (Å²) >= 11 is 0. The molecule has 0 unspecified atom stereocenters. The number of hydrogen-bond donors (Lipinski definition) is 2. The first-order chi connectivity index (χ1) is 12.5. The van der Waals surface area contributed by atoms with Crippen molar-refractivity contribution in [1.29, 1.82) is 0 Å². The highest BCUT2D eigenvalue weighted by Gasteiger charge is 2.53. The van der Waals surface area contributed by atoms with Crippen molar-refractivity contribution < 1.29 is 19.0 Å². The van der Waals surface area contributed by atoms with Crippen molar-refractivity contribution in [1.82, 2.24) is 10.2 Å². The number of carbonyl (C=O) groups is 1. The van der Waals surface area contributed by atoms with E-state index in [1.807, 2.05) is 12.1 Å². The van der Waals surface area contributed by atoms with Gasteiger partial charge in [-0.05, 0) is 30.5 Å². The Kier molecular flexibility index (Phi) is 4.75. The Hall–Kier alpha value is -1.50. The van der Waals surface area contributed by atoms with Crippen LogP contribution in [0.2, 0.25) is 0 Å². The van der Waals surface area contributed by atoms with Crippen LogP contribution in [0.15, 0.2) is 24.3 Å². The molecule has 4 saturated heterocycles. The summed E-state index contributed by atoms with van der Waals surface area (Å²) in [5.74, 6) is 0.00794. The van der Waals surface area contributed by atoms with Gasteiger partial charge < -0.3 is 10.2 Å². The molecule has 0 radical (unpaired) electrons. The molecule has 4 aliphatic heterocycles. The molecule has 4 fully saturated rings. The SMILES string of the molecule is O=C(N[C@H]1CCN(CCc2ccc(F)cc2)C1)C12CC[N+](O)(CC1)CC2. The lowest BCUT2D eigenvalue weighted by molar-refractivity contribution is -1.11. The van der Waals surface area contributed by atoms with E-state index in [2.05, 4.69) is 10.2 Å². The molecular weight excluding hydrogens is 333 g/mol. The van der Waals surface area contributed by atoms with Gasteiger partial charge in [0.05, 0.1) is 5.41 Å². The fourth-order valence-electron chi connectivity index (χ4n) is 4.75. The molecule has 5 rings (SSSR count). The summed E-state index contributed by atoms with van der Waals surface area (Å²) in [6.07, 6.45) is 4.30. The molecule has 2 N–H and O–H groups in total. The molecule has 26 heavy (non-hydrogen) atoms. The lowest BCUT2D eigenvalue weighted by Gasteiger charge is -2.49. The van der Waals surface area contributed by atoms with Gasteiger partial charge in [-0.3, -0.25) is 4.79 Å². The average Bonchev–Trinajstić information content (AvgIpc) is 3.09. The highest BCUT2D eigenvalue weighted by Crippen LogP contribution is 2.43. The van der Waals surface area contributed by atoms with Gasteiger partial charge in [0.25, 0.3) is 0 Å². The van der Waals surface area contributed by atoms with Crippen molar-refractivity contribution in [3.8, 4) is 0 Å². The summed E-state index contributed by atoms with van der Waals surface area (Å²) in [5.41, 5.74) is 0.900. The molecule has 0 saturated carbocycles. The third-order valence-corrected chi connectivity index (χ3v) is 6.74. The van der Waals surface area contributed by atoms with Crippen LogP contribution < -0.4 is 5.32 Å². The number of hydrogen-bond acceptors (Lipinski definition) is 3. The normalized spacial score (nSPS) is 34.2. The van der Waals surface area contributed by atoms with Crippen molar-refractivity contribution in [2.45, 2.75) is 38.1 Å². The van der Waals surface area contributed by atoms with Crippen molar-refractivity contribution in [2.75, 3.05) is 39.3 Å². The number of nitrogens with zero attached hydrogens (tertiary/aromatic N) is 2. The molecule has 0 aromatic heterocycles. The van der Waals surface area contributed by atoms with Crippen LogP contribution in [0.25, 0.3) is 0 Å². The zero-order chi connectivity index (χ0) is 18.2. The molecule has 1 atom stereocenters. The number of amides is 1. The number of benzene rings is 1. The van der Waals surface area contributed by atoms with Crippen molar-refractivity contribution >= 4 is 5.91 Å². The molecular formula is C20H29FN3O2+. The van der Waals surface area contributed by atoms with Crippen molar-refractivity contribution in [3.05, 3.63) is 35.6 Å². The number of fused-ring (bicyclic) bond motifs is 3. The molecule has 0 aliphatic carbocycles. The molecule has 1 aromatic carbocycles. The first-order valence-electron chi connectivity index (χ1n) is 9.83. The zero-order valence-corrected chi connectivity index (χ0v) is 15.3. The third kappa shape index (κ3) is 3.63. The molecule has 142 valence electrons. The van der Waals surface area contributed by atoms with Gasteiger partial charge in [0.1, 0.15) is 25.5 Å². The molecule has 6 heteroatoms. The van der Waals surface area contributed by atoms with Gasteiger partial charge in [0, 0.05) is 44.9 Å². The number of nitrogens with one attached hydrogen (secondary N) is 1. The molecule has 5 nitrogen and oxygen atoms in total. The summed E-state index contributed by atoms with van der Waals surface area (Å²) < 4.78 is 13.1. The van der Waals surface area contributed by atoms with Gasteiger partial charge >= 0.3 is 0 Å². The van der Waals surface area contributed by atoms with Gasteiger partial charge in [-0.1, -0.05) is 12.1 Å². The zero-order valence-electron chi connectivity index (χ0n) is 15.3. The maximum atomic E-state index is 13.0. The Morgan fingerprint density at radius 2 is 1.88 bits per heavy atom. The lowest BCUT2D eigenvalue weighted by atomic mass is 9.71. The first-order valence-corrected chi connectivity index (χ1v) is 9.83. The van der Waals surface area contributed by atoms with E-state index in [0.717, 1.165) is 57.3 Å². The van der Waals surface area contributed by atoms with Gasteiger partial charge in [0.2, 0.25) is 5.91 Å². The Bertz CT molecular complexity index is 639.